The van der Waals surface area contributed by atoms with Crippen molar-refractivity contribution in [2.24, 2.45) is 0 Å². The van der Waals surface area contributed by atoms with Crippen molar-refractivity contribution in [3.63, 3.8) is 0 Å². The summed E-state index contributed by atoms with van der Waals surface area (Å²) < 4.78 is 0. The van der Waals surface area contributed by atoms with Gasteiger partial charge in [-0.1, -0.05) is 146 Å². The van der Waals surface area contributed by atoms with Gasteiger partial charge >= 0.3 is 0 Å². The molecule has 0 radical (unpaired) electrons. The van der Waals surface area contributed by atoms with Crippen molar-refractivity contribution in [3.8, 4) is 78.4 Å². The Kier molecular flexibility index (Phi) is 8.51. The fraction of sp³-hybridized carbons (Fsp3) is 0. The van der Waals surface area contributed by atoms with E-state index in [4.69, 9.17) is 15.0 Å². The quantitative estimate of drug-likeness (QED) is 0.165. The van der Waals surface area contributed by atoms with Gasteiger partial charge in [0.1, 0.15) is 0 Å². The van der Waals surface area contributed by atoms with E-state index in [1.54, 1.807) is 0 Å². The van der Waals surface area contributed by atoms with E-state index in [1.807, 2.05) is 12.4 Å². The molecule has 0 aliphatic heterocycles. The molecule has 0 aliphatic rings. The van der Waals surface area contributed by atoms with Crippen LogP contribution in [0.1, 0.15) is 0 Å². The van der Waals surface area contributed by atoms with Crippen molar-refractivity contribution < 1.29 is 0 Å². The topological polar surface area (TPSA) is 38.7 Å². The smallest absolute Gasteiger partial charge is 0.0715 e. The van der Waals surface area contributed by atoms with Crippen LogP contribution in [0.25, 0.3) is 100.0 Å². The maximum Gasteiger partial charge on any atom is 0.0715 e. The predicted molar refractivity (Wildman–Crippen MR) is 233 cm³/mol. The van der Waals surface area contributed by atoms with E-state index < -0.39 is 0 Å². The van der Waals surface area contributed by atoms with Gasteiger partial charge in [-0.2, -0.15) is 0 Å². The number of nitrogens with zero attached hydrogens (tertiary/aromatic N) is 3. The van der Waals surface area contributed by atoms with E-state index in [-0.39, 0.29) is 0 Å². The van der Waals surface area contributed by atoms with E-state index in [0.29, 0.717) is 0 Å². The first kappa shape index (κ1) is 33.1. The Morgan fingerprint density at radius 2 is 0.571 bits per heavy atom. The largest absolute Gasteiger partial charge is 0.256 e. The lowest BCUT2D eigenvalue weighted by molar-refractivity contribution is 1.32. The maximum atomic E-state index is 5.37. The molecular weight excluding hydrogens is 679 g/mol. The van der Waals surface area contributed by atoms with Crippen molar-refractivity contribution in [2.75, 3.05) is 0 Å². The third-order valence-corrected chi connectivity index (χ3v) is 10.5. The third kappa shape index (κ3) is 6.63. The van der Waals surface area contributed by atoms with Gasteiger partial charge in [0.2, 0.25) is 0 Å². The van der Waals surface area contributed by atoms with E-state index in [1.165, 1.54) is 11.1 Å². The minimum Gasteiger partial charge on any atom is -0.256 e. The van der Waals surface area contributed by atoms with Crippen LogP contribution in [-0.4, -0.2) is 15.0 Å². The number of benzene rings is 7. The summed E-state index contributed by atoms with van der Waals surface area (Å²) >= 11 is 0. The summed E-state index contributed by atoms with van der Waals surface area (Å²) in [5.41, 5.74) is 14.5. The molecule has 0 saturated carbocycles. The van der Waals surface area contributed by atoms with Crippen LogP contribution in [-0.2, 0) is 0 Å². The molecule has 0 N–H and O–H groups in total. The van der Waals surface area contributed by atoms with Gasteiger partial charge in [0.15, 0.2) is 0 Å². The first-order valence-electron chi connectivity index (χ1n) is 18.9. The molecule has 0 atom stereocenters. The SMILES string of the molecule is c1ccc(-c2cccc(-c3cc(-c4cc(-c5cc6ccccc6cn5)cc(-c5cc6ccccc6cn5)c4)cc(-c4cccc(-c5ccccc5)c4)n3)c2)cc1. The molecule has 0 spiro atoms. The highest BCUT2D eigenvalue weighted by atomic mass is 14.7. The normalized spacial score (nSPS) is 11.2. The first-order chi connectivity index (χ1) is 27.7. The van der Waals surface area contributed by atoms with Gasteiger partial charge in [-0.3, -0.25) is 9.97 Å². The molecule has 10 rings (SSSR count). The Hall–Kier alpha value is -7.49. The summed E-state index contributed by atoms with van der Waals surface area (Å²) in [5, 5.41) is 4.53. The molecule has 3 heterocycles. The van der Waals surface area contributed by atoms with Crippen LogP contribution in [0.2, 0.25) is 0 Å². The molecule has 0 amide bonds. The number of hydrogen-bond donors (Lipinski definition) is 0. The highest BCUT2D eigenvalue weighted by molar-refractivity contribution is 5.90. The van der Waals surface area contributed by atoms with E-state index in [0.717, 1.165) is 88.8 Å². The van der Waals surface area contributed by atoms with E-state index in [2.05, 4.69) is 200 Å². The highest BCUT2D eigenvalue weighted by Gasteiger charge is 2.15. The zero-order valence-electron chi connectivity index (χ0n) is 30.5. The summed E-state index contributed by atoms with van der Waals surface area (Å²) in [7, 11) is 0. The molecule has 0 saturated heterocycles. The van der Waals surface area contributed by atoms with Gasteiger partial charge in [-0.15, -0.1) is 0 Å². The van der Waals surface area contributed by atoms with E-state index in [9.17, 15) is 0 Å². The molecule has 0 unspecified atom stereocenters. The summed E-state index contributed by atoms with van der Waals surface area (Å²) in [5.74, 6) is 0. The van der Waals surface area contributed by atoms with Crippen LogP contribution < -0.4 is 0 Å². The Morgan fingerprint density at radius 1 is 0.214 bits per heavy atom. The summed E-state index contributed by atoms with van der Waals surface area (Å²) in [6, 6.07) is 70.7. The van der Waals surface area contributed by atoms with Gasteiger partial charge < -0.3 is 0 Å². The first-order valence-corrected chi connectivity index (χ1v) is 18.9. The Balaban J connectivity index is 1.19. The molecule has 3 heteroatoms. The standard InChI is InChI=1S/C53H35N3/c1-3-13-36(14-4-1)38-21-11-23-42(25-38)52-32-47(33-53(56-52)43-24-12-22-39(26-43)37-15-5-2-6-16-37)46-27-48(50-30-40-17-7-9-19-44(40)34-54-50)29-49(28-46)51-31-41-18-8-10-20-45(41)35-55-51/h1-35H. The second kappa shape index (κ2) is 14.4. The fourth-order valence-electron chi connectivity index (χ4n) is 7.54. The van der Waals surface area contributed by atoms with Crippen molar-refractivity contribution in [3.05, 3.63) is 213 Å². The Labute approximate surface area is 326 Å². The zero-order chi connectivity index (χ0) is 37.3. The molecule has 10 aromatic rings. The van der Waals surface area contributed by atoms with Crippen molar-refractivity contribution >= 4 is 21.5 Å². The fourth-order valence-corrected chi connectivity index (χ4v) is 7.54. The van der Waals surface area contributed by atoms with Crippen molar-refractivity contribution in [2.45, 2.75) is 0 Å². The average molecular weight is 714 g/mol. The van der Waals surface area contributed by atoms with E-state index >= 15 is 0 Å². The van der Waals surface area contributed by atoms with Crippen LogP contribution in [0.3, 0.4) is 0 Å². The van der Waals surface area contributed by atoms with Gasteiger partial charge in [0.25, 0.3) is 0 Å². The summed E-state index contributed by atoms with van der Waals surface area (Å²) in [6.45, 7) is 0. The van der Waals surface area contributed by atoms with Gasteiger partial charge in [-0.05, 0) is 98.8 Å². The molecule has 0 aliphatic carbocycles. The average Bonchev–Trinajstić information content (AvgIpc) is 3.29. The number of aromatic nitrogens is 3. The lowest BCUT2D eigenvalue weighted by Crippen LogP contribution is -1.94. The molecule has 3 nitrogen and oxygen atoms in total. The molecule has 0 bridgehead atoms. The van der Waals surface area contributed by atoms with Crippen molar-refractivity contribution in [1.82, 2.24) is 15.0 Å². The Morgan fingerprint density at radius 3 is 1.05 bits per heavy atom. The molecule has 3 aromatic heterocycles. The Bertz CT molecular complexity index is 2830. The second-order valence-electron chi connectivity index (χ2n) is 14.2. The van der Waals surface area contributed by atoms with Gasteiger partial charge in [0.05, 0.1) is 22.8 Å². The second-order valence-corrected chi connectivity index (χ2v) is 14.2. The van der Waals surface area contributed by atoms with Gasteiger partial charge in [-0.25, -0.2) is 4.98 Å². The van der Waals surface area contributed by atoms with Crippen LogP contribution in [0, 0.1) is 0 Å². The molecule has 262 valence electrons. The number of rotatable bonds is 7. The van der Waals surface area contributed by atoms with Crippen molar-refractivity contribution in [1.29, 1.82) is 0 Å². The lowest BCUT2D eigenvalue weighted by atomic mass is 9.93. The minimum atomic E-state index is 0.903. The molecule has 0 fully saturated rings. The maximum absolute atomic E-state index is 5.37. The van der Waals surface area contributed by atoms with Crippen LogP contribution in [0.4, 0.5) is 0 Å². The number of pyridine rings is 3. The number of fused-ring (bicyclic) bond motifs is 2. The molecule has 7 aromatic carbocycles. The van der Waals surface area contributed by atoms with Crippen LogP contribution in [0.5, 0.6) is 0 Å². The lowest BCUT2D eigenvalue weighted by Gasteiger charge is -2.15. The van der Waals surface area contributed by atoms with Crippen LogP contribution >= 0.6 is 0 Å². The predicted octanol–water partition coefficient (Wildman–Crippen LogP) is 13.8. The zero-order valence-corrected chi connectivity index (χ0v) is 30.5. The van der Waals surface area contributed by atoms with Gasteiger partial charge in [0, 0.05) is 45.4 Å². The highest BCUT2D eigenvalue weighted by Crippen LogP contribution is 2.37. The summed E-state index contributed by atoms with van der Waals surface area (Å²) in [6.07, 6.45) is 3.93. The molecular formula is C53H35N3. The summed E-state index contributed by atoms with van der Waals surface area (Å²) in [4.78, 5) is 15.3. The third-order valence-electron chi connectivity index (χ3n) is 10.5. The van der Waals surface area contributed by atoms with Crippen LogP contribution in [0.15, 0.2) is 213 Å². The number of hydrogen-bond acceptors (Lipinski definition) is 3. The minimum absolute atomic E-state index is 0.903. The monoisotopic (exact) mass is 713 g/mol. The molecule has 56 heavy (non-hydrogen) atoms.